The van der Waals surface area contributed by atoms with Crippen LogP contribution < -0.4 is 16.4 Å². The van der Waals surface area contributed by atoms with Crippen LogP contribution in [0.2, 0.25) is 0 Å². The van der Waals surface area contributed by atoms with Crippen molar-refractivity contribution in [3.63, 3.8) is 0 Å². The van der Waals surface area contributed by atoms with E-state index in [0.717, 1.165) is 25.7 Å². The highest BCUT2D eigenvalue weighted by atomic mass is 32.2. The van der Waals surface area contributed by atoms with Crippen molar-refractivity contribution in [2.45, 2.75) is 4.90 Å². The van der Waals surface area contributed by atoms with E-state index in [0.29, 0.717) is 5.69 Å². The van der Waals surface area contributed by atoms with Gasteiger partial charge in [0.25, 0.3) is 0 Å². The number of quaternary nitrogens is 1. The molecule has 0 atom stereocenters. The molecule has 0 aliphatic heterocycles. The highest BCUT2D eigenvalue weighted by molar-refractivity contribution is 7.86. The summed E-state index contributed by atoms with van der Waals surface area (Å²) in [5, 5.41) is 0. The molecule has 5 N–H and O–H groups in total. The molecule has 0 heterocycles. The van der Waals surface area contributed by atoms with E-state index >= 15 is 0 Å². The second kappa shape index (κ2) is 9.78. The average molecular weight is 325 g/mol. The van der Waals surface area contributed by atoms with Crippen LogP contribution in [0.15, 0.2) is 61.1 Å². The summed E-state index contributed by atoms with van der Waals surface area (Å²) in [6.45, 7) is 14.0. The van der Waals surface area contributed by atoms with E-state index in [9.17, 15) is 13.0 Å². The van der Waals surface area contributed by atoms with Gasteiger partial charge in [-0.05, 0) is 36.4 Å². The number of rotatable bonds is 7. The third-order valence-electron chi connectivity index (χ3n) is 2.60. The molecule has 1 rings (SSSR count). The van der Waals surface area contributed by atoms with Crippen molar-refractivity contribution in [1.82, 2.24) is 0 Å². The molecule has 0 amide bonds. The van der Waals surface area contributed by atoms with Crippen molar-refractivity contribution < 1.29 is 17.9 Å². The van der Waals surface area contributed by atoms with Gasteiger partial charge in [0.2, 0.25) is 0 Å². The first-order chi connectivity index (χ1) is 10.3. The number of anilines is 2. The van der Waals surface area contributed by atoms with Crippen LogP contribution in [0.5, 0.6) is 0 Å². The Hall–Kier alpha value is -2.09. The van der Waals surface area contributed by atoms with E-state index in [1.165, 1.54) is 17.0 Å². The van der Waals surface area contributed by atoms with Crippen LogP contribution in [0, 0.1) is 0 Å². The predicted octanol–water partition coefficient (Wildman–Crippen LogP) is 0.184. The molecule has 1 aromatic rings. The summed E-state index contributed by atoms with van der Waals surface area (Å²) in [4.78, 5) is 0.997. The Labute approximate surface area is 132 Å². The fourth-order valence-electron chi connectivity index (χ4n) is 1.66. The number of nitrogens with one attached hydrogen (secondary N) is 1. The minimum atomic E-state index is -4.48. The molecular formula is C15H23N3O3S. The molecule has 0 aliphatic carbocycles. The van der Waals surface area contributed by atoms with Crippen LogP contribution in [-0.2, 0) is 10.1 Å². The minimum Gasteiger partial charge on any atom is -0.744 e. The lowest BCUT2D eigenvalue weighted by atomic mass is 10.3. The summed E-state index contributed by atoms with van der Waals surface area (Å²) < 4.78 is 31.5. The molecule has 0 aliphatic rings. The maximum atomic E-state index is 10.5. The lowest BCUT2D eigenvalue weighted by molar-refractivity contribution is -0.881. The Bertz CT molecular complexity index is 589. The summed E-state index contributed by atoms with van der Waals surface area (Å²) in [5.41, 5.74) is 10.7. The Balaban J connectivity index is 0.000000409. The van der Waals surface area contributed by atoms with Gasteiger partial charge in [-0.15, -0.1) is 0 Å². The van der Waals surface area contributed by atoms with Gasteiger partial charge in [0, 0.05) is 5.69 Å². The zero-order valence-electron chi connectivity index (χ0n) is 12.5. The quantitative estimate of drug-likeness (QED) is 0.376. The highest BCUT2D eigenvalue weighted by Crippen LogP contribution is 2.19. The molecule has 0 saturated carbocycles. The molecule has 0 unspecified atom stereocenters. The zero-order valence-corrected chi connectivity index (χ0v) is 13.3. The van der Waals surface area contributed by atoms with Gasteiger partial charge in [0.1, 0.15) is 10.1 Å². The van der Waals surface area contributed by atoms with Crippen molar-refractivity contribution in [2.75, 3.05) is 31.1 Å². The molecular weight excluding hydrogens is 302 g/mol. The predicted molar refractivity (Wildman–Crippen MR) is 89.4 cm³/mol. The Morgan fingerprint density at radius 3 is 1.82 bits per heavy atom. The topological polar surface area (TPSA) is 114 Å². The van der Waals surface area contributed by atoms with Crippen molar-refractivity contribution in [1.29, 1.82) is 0 Å². The number of nitrogens with two attached hydrogens (primary N) is 2. The number of hydrogen-bond donors (Lipinski definition) is 3. The normalized spacial score (nSPS) is 10.5. The first-order valence-electron chi connectivity index (χ1n) is 6.53. The molecule has 122 valence electrons. The molecule has 0 spiro atoms. The van der Waals surface area contributed by atoms with E-state index in [2.05, 4.69) is 19.7 Å². The maximum absolute atomic E-state index is 10.5. The third-order valence-corrected chi connectivity index (χ3v) is 3.51. The van der Waals surface area contributed by atoms with E-state index < -0.39 is 15.0 Å². The van der Waals surface area contributed by atoms with Crippen LogP contribution in [0.3, 0.4) is 0 Å². The second-order valence-electron chi connectivity index (χ2n) is 4.48. The lowest BCUT2D eigenvalue weighted by Crippen LogP contribution is -3.11. The molecule has 0 bridgehead atoms. The molecule has 22 heavy (non-hydrogen) atoms. The molecule has 0 aromatic heterocycles. The standard InChI is InChI=1S/C9H15N.C6H8N2O3S/c1-4-7-10(8-5-2)9-6-3;7-4-1-2-6(5(8)3-4)12(9,10)11/h4-6H,1-3,7-9H2;1-3H,7-8H2,(H,9,10,11). The van der Waals surface area contributed by atoms with Crippen molar-refractivity contribution in [3.8, 4) is 0 Å². The fourth-order valence-corrected chi connectivity index (χ4v) is 2.24. The molecule has 0 fully saturated rings. The third kappa shape index (κ3) is 7.63. The van der Waals surface area contributed by atoms with Crippen molar-refractivity contribution >= 4 is 21.5 Å². The number of nitrogen functional groups attached to an aromatic ring is 2. The SMILES string of the molecule is C=CC[NH+](CC=C)CC=C.Nc1ccc(S(=O)(=O)[O-])c(N)c1. The molecule has 1 aromatic carbocycles. The lowest BCUT2D eigenvalue weighted by Gasteiger charge is -2.12. The molecule has 0 radical (unpaired) electrons. The van der Waals surface area contributed by atoms with Crippen molar-refractivity contribution in [2.24, 2.45) is 0 Å². The second-order valence-corrected chi connectivity index (χ2v) is 5.83. The van der Waals surface area contributed by atoms with E-state index in [-0.39, 0.29) is 5.69 Å². The van der Waals surface area contributed by atoms with Gasteiger partial charge in [0.15, 0.2) is 0 Å². The minimum absolute atomic E-state index is 0.120. The summed E-state index contributed by atoms with van der Waals surface area (Å²) in [6.07, 6.45) is 5.76. The molecule has 6 nitrogen and oxygen atoms in total. The van der Waals surface area contributed by atoms with Gasteiger partial charge in [-0.2, -0.15) is 0 Å². The molecule has 7 heteroatoms. The first kappa shape index (κ1) is 19.9. The van der Waals surface area contributed by atoms with Crippen LogP contribution in [0.25, 0.3) is 0 Å². The summed E-state index contributed by atoms with van der Waals surface area (Å²) in [7, 11) is -4.48. The Morgan fingerprint density at radius 1 is 1.05 bits per heavy atom. The van der Waals surface area contributed by atoms with Crippen LogP contribution in [0.4, 0.5) is 11.4 Å². The summed E-state index contributed by atoms with van der Waals surface area (Å²) in [6, 6.07) is 3.62. The van der Waals surface area contributed by atoms with Crippen LogP contribution >= 0.6 is 0 Å². The largest absolute Gasteiger partial charge is 0.744 e. The Kier molecular flexibility index (Phi) is 8.85. The van der Waals surface area contributed by atoms with Gasteiger partial charge in [-0.3, -0.25) is 0 Å². The van der Waals surface area contributed by atoms with Gasteiger partial charge in [0.05, 0.1) is 30.2 Å². The summed E-state index contributed by atoms with van der Waals surface area (Å²) in [5.74, 6) is 0. The Morgan fingerprint density at radius 2 is 1.50 bits per heavy atom. The van der Waals surface area contributed by atoms with Gasteiger partial charge in [-0.25, -0.2) is 8.42 Å². The van der Waals surface area contributed by atoms with E-state index in [1.54, 1.807) is 0 Å². The average Bonchev–Trinajstić information content (AvgIpc) is 2.38. The first-order valence-corrected chi connectivity index (χ1v) is 7.94. The number of hydrogen-bond acceptors (Lipinski definition) is 5. The molecule has 0 saturated heterocycles. The van der Waals surface area contributed by atoms with Gasteiger partial charge < -0.3 is 20.9 Å². The monoisotopic (exact) mass is 325 g/mol. The maximum Gasteiger partial charge on any atom is 0.126 e. The fraction of sp³-hybridized carbons (Fsp3) is 0.200. The summed E-state index contributed by atoms with van der Waals surface area (Å²) >= 11 is 0. The zero-order chi connectivity index (χ0) is 17.2. The van der Waals surface area contributed by atoms with Gasteiger partial charge >= 0.3 is 0 Å². The smallest absolute Gasteiger partial charge is 0.126 e. The van der Waals surface area contributed by atoms with Crippen LogP contribution in [-0.4, -0.2) is 32.6 Å². The van der Waals surface area contributed by atoms with E-state index in [1.807, 2.05) is 18.2 Å². The van der Waals surface area contributed by atoms with Crippen LogP contribution in [0.1, 0.15) is 0 Å². The highest BCUT2D eigenvalue weighted by Gasteiger charge is 2.05. The van der Waals surface area contributed by atoms with Gasteiger partial charge in [-0.1, -0.05) is 19.7 Å². The van der Waals surface area contributed by atoms with E-state index in [4.69, 9.17) is 11.5 Å². The number of benzene rings is 1. The van der Waals surface area contributed by atoms with Crippen molar-refractivity contribution in [3.05, 3.63) is 56.2 Å².